The lowest BCUT2D eigenvalue weighted by Gasteiger charge is -2.15. The van der Waals surface area contributed by atoms with Crippen molar-refractivity contribution in [1.82, 2.24) is 4.98 Å². The number of aryl methyl sites for hydroxylation is 2. The van der Waals surface area contributed by atoms with E-state index in [1.54, 1.807) is 0 Å². The molecule has 0 saturated heterocycles. The Morgan fingerprint density at radius 2 is 1.95 bits per heavy atom. The zero-order valence-corrected chi connectivity index (χ0v) is 12.9. The SMILES string of the molecule is CCc1cccc(Nc2c3c(nc4ccccc24)CCC3)c1. The molecule has 1 N–H and O–H groups in total. The number of para-hydroxylation sites is 1. The fourth-order valence-corrected chi connectivity index (χ4v) is 3.37. The van der Waals surface area contributed by atoms with Crippen molar-refractivity contribution in [2.24, 2.45) is 0 Å². The summed E-state index contributed by atoms with van der Waals surface area (Å²) >= 11 is 0. The minimum Gasteiger partial charge on any atom is -0.355 e. The van der Waals surface area contributed by atoms with Crippen LogP contribution >= 0.6 is 0 Å². The molecule has 0 radical (unpaired) electrons. The van der Waals surface area contributed by atoms with Gasteiger partial charge in [0.1, 0.15) is 0 Å². The third-order valence-corrected chi connectivity index (χ3v) is 4.52. The molecule has 0 saturated carbocycles. The average molecular weight is 288 g/mol. The molecule has 2 aromatic carbocycles. The monoisotopic (exact) mass is 288 g/mol. The van der Waals surface area contributed by atoms with Crippen molar-refractivity contribution in [1.29, 1.82) is 0 Å². The van der Waals surface area contributed by atoms with Crippen molar-refractivity contribution in [2.75, 3.05) is 5.32 Å². The molecule has 1 aromatic heterocycles. The first-order valence-corrected chi connectivity index (χ1v) is 8.11. The van der Waals surface area contributed by atoms with E-state index in [-0.39, 0.29) is 0 Å². The smallest absolute Gasteiger partial charge is 0.0726 e. The second-order valence-electron chi connectivity index (χ2n) is 5.96. The summed E-state index contributed by atoms with van der Waals surface area (Å²) in [5.74, 6) is 0. The Balaban J connectivity index is 1.86. The third kappa shape index (κ3) is 2.25. The number of rotatable bonds is 3. The van der Waals surface area contributed by atoms with Crippen LogP contribution in [0.2, 0.25) is 0 Å². The molecule has 22 heavy (non-hydrogen) atoms. The van der Waals surface area contributed by atoms with Crippen LogP contribution in [0.15, 0.2) is 48.5 Å². The van der Waals surface area contributed by atoms with E-state index in [0.29, 0.717) is 0 Å². The van der Waals surface area contributed by atoms with Crippen LogP contribution in [0.4, 0.5) is 11.4 Å². The maximum atomic E-state index is 4.85. The molecular weight excluding hydrogens is 268 g/mol. The Bertz CT molecular complexity index is 836. The summed E-state index contributed by atoms with van der Waals surface area (Å²) in [6.07, 6.45) is 4.50. The van der Waals surface area contributed by atoms with Gasteiger partial charge in [0, 0.05) is 16.8 Å². The summed E-state index contributed by atoms with van der Waals surface area (Å²) in [5, 5.41) is 4.91. The summed E-state index contributed by atoms with van der Waals surface area (Å²) in [4.78, 5) is 4.85. The van der Waals surface area contributed by atoms with Crippen LogP contribution < -0.4 is 5.32 Å². The number of benzene rings is 2. The van der Waals surface area contributed by atoms with Gasteiger partial charge in [0.2, 0.25) is 0 Å². The number of aromatic nitrogens is 1. The van der Waals surface area contributed by atoms with Crippen LogP contribution in [-0.4, -0.2) is 4.98 Å². The molecule has 2 nitrogen and oxygen atoms in total. The highest BCUT2D eigenvalue weighted by atomic mass is 14.9. The molecule has 1 heterocycles. The lowest BCUT2D eigenvalue weighted by molar-refractivity contribution is 0.901. The molecule has 0 amide bonds. The van der Waals surface area contributed by atoms with E-state index < -0.39 is 0 Å². The Kier molecular flexibility index (Phi) is 3.30. The van der Waals surface area contributed by atoms with E-state index in [9.17, 15) is 0 Å². The minimum atomic E-state index is 1.06. The van der Waals surface area contributed by atoms with Crippen molar-refractivity contribution in [3.8, 4) is 0 Å². The molecule has 0 atom stereocenters. The summed E-state index contributed by atoms with van der Waals surface area (Å²) in [7, 11) is 0. The fraction of sp³-hybridized carbons (Fsp3) is 0.250. The highest BCUT2D eigenvalue weighted by Crippen LogP contribution is 2.35. The predicted molar refractivity (Wildman–Crippen MR) is 92.9 cm³/mol. The largest absolute Gasteiger partial charge is 0.355 e. The normalized spacial score (nSPS) is 13.3. The van der Waals surface area contributed by atoms with Crippen LogP contribution in [0.1, 0.15) is 30.2 Å². The number of hydrogen-bond donors (Lipinski definition) is 1. The molecule has 0 spiro atoms. The van der Waals surface area contributed by atoms with Crippen LogP contribution in [0.3, 0.4) is 0 Å². The lowest BCUT2D eigenvalue weighted by atomic mass is 10.1. The molecule has 0 aliphatic heterocycles. The number of nitrogens with one attached hydrogen (secondary N) is 1. The molecule has 3 aromatic rings. The van der Waals surface area contributed by atoms with Crippen molar-refractivity contribution in [3.63, 3.8) is 0 Å². The molecule has 1 aliphatic carbocycles. The maximum Gasteiger partial charge on any atom is 0.0726 e. The fourth-order valence-electron chi connectivity index (χ4n) is 3.37. The molecule has 1 aliphatic rings. The number of anilines is 2. The highest BCUT2D eigenvalue weighted by molar-refractivity contribution is 5.95. The van der Waals surface area contributed by atoms with E-state index >= 15 is 0 Å². The standard InChI is InChI=1S/C20H20N2/c1-2-14-7-5-8-15(13-14)21-20-16-9-3-4-11-18(16)22-19-12-6-10-17(19)20/h3-5,7-9,11,13H,2,6,10,12H2,1H3,(H,21,22). The first-order valence-electron chi connectivity index (χ1n) is 8.11. The minimum absolute atomic E-state index is 1.06. The quantitative estimate of drug-likeness (QED) is 0.731. The van der Waals surface area contributed by atoms with Gasteiger partial charge >= 0.3 is 0 Å². The van der Waals surface area contributed by atoms with Gasteiger partial charge in [0.25, 0.3) is 0 Å². The number of nitrogens with zero attached hydrogens (tertiary/aromatic N) is 1. The van der Waals surface area contributed by atoms with Crippen LogP contribution in [-0.2, 0) is 19.3 Å². The summed E-state index contributed by atoms with van der Waals surface area (Å²) < 4.78 is 0. The van der Waals surface area contributed by atoms with Gasteiger partial charge in [0.05, 0.1) is 11.2 Å². The Hall–Kier alpha value is -2.35. The van der Waals surface area contributed by atoms with E-state index in [1.165, 1.54) is 40.0 Å². The first kappa shape index (κ1) is 13.3. The molecule has 0 fully saturated rings. The van der Waals surface area contributed by atoms with Gasteiger partial charge in [-0.1, -0.05) is 37.3 Å². The van der Waals surface area contributed by atoms with Crippen LogP contribution in [0.25, 0.3) is 10.9 Å². The van der Waals surface area contributed by atoms with E-state index in [1.807, 2.05) is 0 Å². The number of pyridine rings is 1. The molecule has 4 rings (SSSR count). The summed E-state index contributed by atoms with van der Waals surface area (Å²) in [6.45, 7) is 2.19. The third-order valence-electron chi connectivity index (χ3n) is 4.52. The Morgan fingerprint density at radius 1 is 1.05 bits per heavy atom. The lowest BCUT2D eigenvalue weighted by Crippen LogP contribution is -2.00. The van der Waals surface area contributed by atoms with Gasteiger partial charge in [-0.2, -0.15) is 0 Å². The van der Waals surface area contributed by atoms with Gasteiger partial charge in [-0.25, -0.2) is 0 Å². The molecule has 2 heteroatoms. The van der Waals surface area contributed by atoms with Gasteiger partial charge in [-0.05, 0) is 55.0 Å². The van der Waals surface area contributed by atoms with Crippen LogP contribution in [0, 0.1) is 0 Å². The first-order chi connectivity index (χ1) is 10.8. The van der Waals surface area contributed by atoms with Crippen molar-refractivity contribution in [2.45, 2.75) is 32.6 Å². The molecule has 0 bridgehead atoms. The Morgan fingerprint density at radius 3 is 2.86 bits per heavy atom. The second kappa shape index (κ2) is 5.45. The van der Waals surface area contributed by atoms with Crippen LogP contribution in [0.5, 0.6) is 0 Å². The van der Waals surface area contributed by atoms with Gasteiger partial charge < -0.3 is 5.32 Å². The maximum absolute atomic E-state index is 4.85. The zero-order valence-electron chi connectivity index (χ0n) is 12.9. The molecule has 110 valence electrons. The number of hydrogen-bond acceptors (Lipinski definition) is 2. The Labute approximate surface area is 131 Å². The van der Waals surface area contributed by atoms with Crippen molar-refractivity contribution < 1.29 is 0 Å². The summed E-state index contributed by atoms with van der Waals surface area (Å²) in [6, 6.07) is 17.2. The molecule has 0 unspecified atom stereocenters. The van der Waals surface area contributed by atoms with E-state index in [4.69, 9.17) is 4.98 Å². The van der Waals surface area contributed by atoms with Gasteiger partial charge in [-0.15, -0.1) is 0 Å². The van der Waals surface area contributed by atoms with Gasteiger partial charge in [0.15, 0.2) is 0 Å². The van der Waals surface area contributed by atoms with Crippen molar-refractivity contribution >= 4 is 22.3 Å². The topological polar surface area (TPSA) is 24.9 Å². The number of fused-ring (bicyclic) bond motifs is 2. The molecular formula is C20H20N2. The average Bonchev–Trinajstić information content (AvgIpc) is 3.03. The summed E-state index contributed by atoms with van der Waals surface area (Å²) in [5.41, 5.74) is 7.56. The second-order valence-corrected chi connectivity index (χ2v) is 5.96. The van der Waals surface area contributed by atoms with E-state index in [0.717, 1.165) is 24.8 Å². The predicted octanol–water partition coefficient (Wildman–Crippen LogP) is 5.03. The van der Waals surface area contributed by atoms with Gasteiger partial charge in [-0.3, -0.25) is 4.98 Å². The zero-order chi connectivity index (χ0) is 14.9. The van der Waals surface area contributed by atoms with Crippen molar-refractivity contribution in [3.05, 3.63) is 65.4 Å². The highest BCUT2D eigenvalue weighted by Gasteiger charge is 2.19. The van der Waals surface area contributed by atoms with E-state index in [2.05, 4.69) is 60.8 Å².